The van der Waals surface area contributed by atoms with Crippen LogP contribution in [0, 0.1) is 0 Å². The van der Waals surface area contributed by atoms with Crippen molar-refractivity contribution in [2.24, 2.45) is 0 Å². The van der Waals surface area contributed by atoms with Crippen LogP contribution in [0.15, 0.2) is 42.7 Å². The van der Waals surface area contributed by atoms with Gasteiger partial charge in [0.05, 0.1) is 25.8 Å². The second-order valence-electron chi connectivity index (χ2n) is 4.55. The first kappa shape index (κ1) is 14.8. The third-order valence-electron chi connectivity index (χ3n) is 3.18. The van der Waals surface area contributed by atoms with E-state index in [2.05, 4.69) is 10.3 Å². The molecule has 1 amide bonds. The number of ether oxygens (including phenoxy) is 2. The molecule has 0 aliphatic rings. The molecule has 5 heteroatoms. The van der Waals surface area contributed by atoms with Gasteiger partial charge in [-0.1, -0.05) is 6.07 Å². The number of carbonyl (C=O) groups is 1. The minimum absolute atomic E-state index is 0.155. The van der Waals surface area contributed by atoms with Crippen LogP contribution in [0.5, 0.6) is 11.5 Å². The largest absolute Gasteiger partial charge is 0.493 e. The Labute approximate surface area is 123 Å². The van der Waals surface area contributed by atoms with Crippen LogP contribution < -0.4 is 14.8 Å². The van der Waals surface area contributed by atoms with E-state index in [1.807, 2.05) is 25.1 Å². The highest BCUT2D eigenvalue weighted by Crippen LogP contribution is 2.29. The van der Waals surface area contributed by atoms with E-state index in [1.54, 1.807) is 32.5 Å². The maximum absolute atomic E-state index is 12.1. The fourth-order valence-electron chi connectivity index (χ4n) is 1.98. The van der Waals surface area contributed by atoms with E-state index in [1.165, 1.54) is 6.20 Å². The minimum Gasteiger partial charge on any atom is -0.493 e. The second-order valence-corrected chi connectivity index (χ2v) is 4.55. The molecule has 0 bridgehead atoms. The third-order valence-corrected chi connectivity index (χ3v) is 3.18. The van der Waals surface area contributed by atoms with Crippen LogP contribution in [0.25, 0.3) is 0 Å². The summed E-state index contributed by atoms with van der Waals surface area (Å²) in [4.78, 5) is 16.0. The average molecular weight is 286 g/mol. The number of methoxy groups -OCH3 is 2. The summed E-state index contributed by atoms with van der Waals surface area (Å²) in [6, 6.07) is 8.88. The van der Waals surface area contributed by atoms with Crippen molar-refractivity contribution >= 4 is 5.91 Å². The number of hydrogen-bond acceptors (Lipinski definition) is 4. The van der Waals surface area contributed by atoms with Gasteiger partial charge in [-0.3, -0.25) is 9.78 Å². The molecule has 1 aromatic heterocycles. The molecule has 2 rings (SSSR count). The quantitative estimate of drug-likeness (QED) is 0.917. The Balaban J connectivity index is 2.13. The highest BCUT2D eigenvalue weighted by Gasteiger charge is 2.13. The summed E-state index contributed by atoms with van der Waals surface area (Å²) in [6.45, 7) is 1.91. The van der Waals surface area contributed by atoms with Gasteiger partial charge in [-0.05, 0) is 36.8 Å². The zero-order valence-corrected chi connectivity index (χ0v) is 12.3. The number of hydrogen-bond donors (Lipinski definition) is 1. The van der Waals surface area contributed by atoms with Gasteiger partial charge in [0.1, 0.15) is 0 Å². The van der Waals surface area contributed by atoms with Gasteiger partial charge in [0, 0.05) is 12.4 Å². The molecule has 0 aliphatic heterocycles. The fourth-order valence-corrected chi connectivity index (χ4v) is 1.98. The minimum atomic E-state index is -0.162. The first-order valence-corrected chi connectivity index (χ1v) is 6.58. The number of rotatable bonds is 5. The van der Waals surface area contributed by atoms with Gasteiger partial charge in [-0.15, -0.1) is 0 Å². The molecule has 1 N–H and O–H groups in total. The van der Waals surface area contributed by atoms with Gasteiger partial charge in [0.15, 0.2) is 11.5 Å². The SMILES string of the molecule is COc1ccc(C(C)NC(=O)c2cccnc2)cc1OC. The van der Waals surface area contributed by atoms with Crippen molar-refractivity contribution in [1.29, 1.82) is 0 Å². The van der Waals surface area contributed by atoms with Crippen LogP contribution in [-0.2, 0) is 0 Å². The Morgan fingerprint density at radius 2 is 1.95 bits per heavy atom. The van der Waals surface area contributed by atoms with Gasteiger partial charge in [-0.2, -0.15) is 0 Å². The third kappa shape index (κ3) is 3.51. The van der Waals surface area contributed by atoms with E-state index >= 15 is 0 Å². The van der Waals surface area contributed by atoms with Crippen LogP contribution in [0.1, 0.15) is 28.9 Å². The average Bonchev–Trinajstić information content (AvgIpc) is 2.54. The number of benzene rings is 1. The number of pyridine rings is 1. The van der Waals surface area contributed by atoms with Crippen LogP contribution in [0.3, 0.4) is 0 Å². The van der Waals surface area contributed by atoms with E-state index in [0.717, 1.165) is 5.56 Å². The van der Waals surface area contributed by atoms with Crippen molar-refractivity contribution in [1.82, 2.24) is 10.3 Å². The number of aromatic nitrogens is 1. The van der Waals surface area contributed by atoms with E-state index < -0.39 is 0 Å². The fraction of sp³-hybridized carbons (Fsp3) is 0.250. The molecular formula is C16H18N2O3. The van der Waals surface area contributed by atoms with Crippen molar-refractivity contribution < 1.29 is 14.3 Å². The topological polar surface area (TPSA) is 60.5 Å². The summed E-state index contributed by atoms with van der Waals surface area (Å²) in [7, 11) is 3.17. The highest BCUT2D eigenvalue weighted by molar-refractivity contribution is 5.94. The van der Waals surface area contributed by atoms with Crippen molar-refractivity contribution in [3.63, 3.8) is 0 Å². The maximum Gasteiger partial charge on any atom is 0.253 e. The Bertz CT molecular complexity index is 614. The summed E-state index contributed by atoms with van der Waals surface area (Å²) < 4.78 is 10.5. The van der Waals surface area contributed by atoms with E-state index in [0.29, 0.717) is 17.1 Å². The molecule has 21 heavy (non-hydrogen) atoms. The molecule has 0 spiro atoms. The lowest BCUT2D eigenvalue weighted by atomic mass is 10.1. The van der Waals surface area contributed by atoms with Gasteiger partial charge in [0.2, 0.25) is 0 Å². The van der Waals surface area contributed by atoms with Crippen molar-refractivity contribution in [3.8, 4) is 11.5 Å². The standard InChI is InChI=1S/C16H18N2O3/c1-11(18-16(19)13-5-4-8-17-10-13)12-6-7-14(20-2)15(9-12)21-3/h4-11H,1-3H3,(H,18,19). The molecule has 1 aromatic carbocycles. The smallest absolute Gasteiger partial charge is 0.253 e. The first-order valence-electron chi connectivity index (χ1n) is 6.58. The summed E-state index contributed by atoms with van der Waals surface area (Å²) in [5, 5.41) is 2.93. The molecular weight excluding hydrogens is 268 g/mol. The van der Waals surface area contributed by atoms with E-state index in [9.17, 15) is 4.79 Å². The van der Waals surface area contributed by atoms with Crippen molar-refractivity contribution in [3.05, 3.63) is 53.9 Å². The van der Waals surface area contributed by atoms with Crippen molar-refractivity contribution in [2.75, 3.05) is 14.2 Å². The van der Waals surface area contributed by atoms with Gasteiger partial charge in [0.25, 0.3) is 5.91 Å². The summed E-state index contributed by atoms with van der Waals surface area (Å²) >= 11 is 0. The lowest BCUT2D eigenvalue weighted by molar-refractivity contribution is 0.0939. The van der Waals surface area contributed by atoms with Crippen molar-refractivity contribution in [2.45, 2.75) is 13.0 Å². The summed E-state index contributed by atoms with van der Waals surface area (Å²) in [5.41, 5.74) is 1.47. The zero-order chi connectivity index (χ0) is 15.2. The molecule has 1 atom stereocenters. The molecule has 0 saturated carbocycles. The molecule has 0 saturated heterocycles. The first-order chi connectivity index (χ1) is 10.2. The van der Waals surface area contributed by atoms with Gasteiger partial charge >= 0.3 is 0 Å². The maximum atomic E-state index is 12.1. The molecule has 0 radical (unpaired) electrons. The number of nitrogens with one attached hydrogen (secondary N) is 1. The Kier molecular flexibility index (Phi) is 4.77. The predicted molar refractivity (Wildman–Crippen MR) is 79.7 cm³/mol. The molecule has 5 nitrogen and oxygen atoms in total. The summed E-state index contributed by atoms with van der Waals surface area (Å²) in [6.07, 6.45) is 3.17. The molecule has 1 heterocycles. The van der Waals surface area contributed by atoms with Crippen LogP contribution in [0.2, 0.25) is 0 Å². The van der Waals surface area contributed by atoms with E-state index in [4.69, 9.17) is 9.47 Å². The number of nitrogens with zero attached hydrogens (tertiary/aromatic N) is 1. The molecule has 2 aromatic rings. The van der Waals surface area contributed by atoms with Crippen LogP contribution >= 0.6 is 0 Å². The van der Waals surface area contributed by atoms with Crippen LogP contribution in [-0.4, -0.2) is 25.1 Å². The lowest BCUT2D eigenvalue weighted by Crippen LogP contribution is -2.26. The Morgan fingerprint density at radius 3 is 2.57 bits per heavy atom. The second kappa shape index (κ2) is 6.74. The molecule has 110 valence electrons. The molecule has 0 fully saturated rings. The normalized spacial score (nSPS) is 11.6. The van der Waals surface area contributed by atoms with E-state index in [-0.39, 0.29) is 11.9 Å². The summed E-state index contributed by atoms with van der Waals surface area (Å²) in [5.74, 6) is 1.13. The van der Waals surface area contributed by atoms with Crippen LogP contribution in [0.4, 0.5) is 0 Å². The van der Waals surface area contributed by atoms with Gasteiger partial charge in [-0.25, -0.2) is 0 Å². The lowest BCUT2D eigenvalue weighted by Gasteiger charge is -2.16. The van der Waals surface area contributed by atoms with Gasteiger partial charge < -0.3 is 14.8 Å². The molecule has 1 unspecified atom stereocenters. The zero-order valence-electron chi connectivity index (χ0n) is 12.3. The molecule has 0 aliphatic carbocycles. The Morgan fingerprint density at radius 1 is 1.19 bits per heavy atom. The number of carbonyl (C=O) groups excluding carboxylic acids is 1. The Hall–Kier alpha value is -2.56. The predicted octanol–water partition coefficient (Wildman–Crippen LogP) is 2.59. The monoisotopic (exact) mass is 286 g/mol. The highest BCUT2D eigenvalue weighted by atomic mass is 16.5. The number of amides is 1.